The van der Waals surface area contributed by atoms with E-state index in [1.54, 1.807) is 0 Å². The number of rotatable bonds is 5. The van der Waals surface area contributed by atoms with E-state index < -0.39 is 0 Å². The van der Waals surface area contributed by atoms with E-state index in [0.29, 0.717) is 0 Å². The van der Waals surface area contributed by atoms with E-state index in [4.69, 9.17) is 10.5 Å². The number of benzene rings is 1. The van der Waals surface area contributed by atoms with Crippen LogP contribution in [0.3, 0.4) is 0 Å². The van der Waals surface area contributed by atoms with Crippen molar-refractivity contribution in [3.8, 4) is 5.75 Å². The van der Waals surface area contributed by atoms with Crippen LogP contribution in [0.1, 0.15) is 39.3 Å². The molecule has 4 heteroatoms. The fourth-order valence-corrected chi connectivity index (χ4v) is 1.58. The van der Waals surface area contributed by atoms with Crippen LogP contribution in [-0.4, -0.2) is 17.8 Å². The Morgan fingerprint density at radius 1 is 1.22 bits per heavy atom. The molecule has 0 aromatic heterocycles. The van der Waals surface area contributed by atoms with E-state index in [0.717, 1.165) is 11.3 Å². The molecule has 0 saturated heterocycles. The highest BCUT2D eigenvalue weighted by molar-refractivity contribution is 5.85. The van der Waals surface area contributed by atoms with Crippen LogP contribution in [0.15, 0.2) is 24.3 Å². The molecule has 3 nitrogen and oxygen atoms in total. The topological polar surface area (TPSA) is 55.5 Å². The molecular weight excluding hydrogens is 250 g/mol. The van der Waals surface area contributed by atoms with Crippen LogP contribution in [-0.2, 0) is 0 Å². The van der Waals surface area contributed by atoms with Gasteiger partial charge in [0.25, 0.3) is 0 Å². The zero-order valence-corrected chi connectivity index (χ0v) is 12.3. The number of halogens is 1. The molecule has 1 aromatic carbocycles. The van der Waals surface area contributed by atoms with Crippen molar-refractivity contribution in [1.29, 1.82) is 0 Å². The van der Waals surface area contributed by atoms with Gasteiger partial charge in [-0.15, -0.1) is 12.4 Å². The molecule has 0 aliphatic heterocycles. The molecule has 0 heterocycles. The summed E-state index contributed by atoms with van der Waals surface area (Å²) >= 11 is 0. The maximum Gasteiger partial charge on any atom is 0.119 e. The molecule has 1 rings (SSSR count). The summed E-state index contributed by atoms with van der Waals surface area (Å²) in [5, 5.41) is 9.29. The van der Waals surface area contributed by atoms with Gasteiger partial charge in [0.1, 0.15) is 5.75 Å². The smallest absolute Gasteiger partial charge is 0.119 e. The minimum absolute atomic E-state index is 0. The third-order valence-electron chi connectivity index (χ3n) is 2.86. The number of hydrogen-bond donors (Lipinski definition) is 2. The summed E-state index contributed by atoms with van der Waals surface area (Å²) in [6.45, 7) is 7.97. The van der Waals surface area contributed by atoms with E-state index in [-0.39, 0.29) is 36.6 Å². The van der Waals surface area contributed by atoms with Gasteiger partial charge < -0.3 is 15.6 Å². The van der Waals surface area contributed by atoms with Crippen molar-refractivity contribution >= 4 is 12.4 Å². The molecule has 0 saturated carbocycles. The lowest BCUT2D eigenvalue weighted by atomic mass is 9.82. The summed E-state index contributed by atoms with van der Waals surface area (Å²) in [5.74, 6) is 0.845. The van der Waals surface area contributed by atoms with Gasteiger partial charge in [-0.1, -0.05) is 26.0 Å². The Morgan fingerprint density at radius 2 is 1.72 bits per heavy atom. The third-order valence-corrected chi connectivity index (χ3v) is 2.86. The maximum atomic E-state index is 9.29. The Labute approximate surface area is 116 Å². The first-order valence-corrected chi connectivity index (χ1v) is 6.00. The van der Waals surface area contributed by atoms with Gasteiger partial charge in [-0.2, -0.15) is 0 Å². The fraction of sp³-hybridized carbons (Fsp3) is 0.571. The van der Waals surface area contributed by atoms with E-state index in [9.17, 15) is 5.11 Å². The first-order chi connectivity index (χ1) is 7.86. The minimum Gasteiger partial charge on any atom is -0.491 e. The monoisotopic (exact) mass is 273 g/mol. The predicted molar refractivity (Wildman–Crippen MR) is 77.2 cm³/mol. The zero-order chi connectivity index (χ0) is 13.1. The number of ether oxygens (including phenoxy) is 1. The van der Waals surface area contributed by atoms with Crippen LogP contribution in [0, 0.1) is 5.41 Å². The van der Waals surface area contributed by atoms with Gasteiger partial charge >= 0.3 is 0 Å². The van der Waals surface area contributed by atoms with Crippen LogP contribution >= 0.6 is 12.4 Å². The average Bonchev–Trinajstić information content (AvgIpc) is 2.28. The number of aliphatic hydroxyl groups excluding tert-OH is 1. The second-order valence-electron chi connectivity index (χ2n) is 5.36. The molecule has 0 aliphatic rings. The van der Waals surface area contributed by atoms with Crippen LogP contribution < -0.4 is 10.5 Å². The summed E-state index contributed by atoms with van der Waals surface area (Å²) < 4.78 is 5.57. The normalized spacial score (nSPS) is 13.1. The third kappa shape index (κ3) is 4.48. The molecule has 0 bridgehead atoms. The van der Waals surface area contributed by atoms with Crippen LogP contribution in [0.4, 0.5) is 0 Å². The summed E-state index contributed by atoms with van der Waals surface area (Å²) in [4.78, 5) is 0. The van der Waals surface area contributed by atoms with Crippen LogP contribution in [0.5, 0.6) is 5.75 Å². The number of aliphatic hydroxyl groups is 1. The molecule has 1 atom stereocenters. The average molecular weight is 274 g/mol. The zero-order valence-electron chi connectivity index (χ0n) is 11.5. The molecule has 0 unspecified atom stereocenters. The van der Waals surface area contributed by atoms with Crippen molar-refractivity contribution in [2.24, 2.45) is 11.1 Å². The highest BCUT2D eigenvalue weighted by Crippen LogP contribution is 2.31. The van der Waals surface area contributed by atoms with Crippen molar-refractivity contribution in [3.63, 3.8) is 0 Å². The van der Waals surface area contributed by atoms with Crippen LogP contribution in [0.25, 0.3) is 0 Å². The molecule has 18 heavy (non-hydrogen) atoms. The quantitative estimate of drug-likeness (QED) is 0.867. The van der Waals surface area contributed by atoms with E-state index >= 15 is 0 Å². The summed E-state index contributed by atoms with van der Waals surface area (Å²) in [5.41, 5.74) is 6.83. The molecule has 0 fully saturated rings. The molecule has 0 aliphatic carbocycles. The fourth-order valence-electron chi connectivity index (χ4n) is 1.58. The molecule has 3 N–H and O–H groups in total. The standard InChI is InChI=1S/C14H23NO2.ClH/c1-10(2)17-12-7-5-11(6-8-12)13(15)14(3,4)9-16;/h5-8,10,13,16H,9,15H2,1-4H3;1H/t13-;/m1./s1. The summed E-state index contributed by atoms with van der Waals surface area (Å²) in [7, 11) is 0. The Bertz CT molecular complexity index is 349. The van der Waals surface area contributed by atoms with E-state index in [2.05, 4.69) is 0 Å². The van der Waals surface area contributed by atoms with Gasteiger partial charge in [-0.05, 0) is 31.5 Å². The van der Waals surface area contributed by atoms with Gasteiger partial charge in [0, 0.05) is 18.1 Å². The van der Waals surface area contributed by atoms with Crippen molar-refractivity contribution in [1.82, 2.24) is 0 Å². The van der Waals surface area contributed by atoms with E-state index in [1.165, 1.54) is 0 Å². The van der Waals surface area contributed by atoms with Gasteiger partial charge in [-0.3, -0.25) is 0 Å². The van der Waals surface area contributed by atoms with Crippen LogP contribution in [0.2, 0.25) is 0 Å². The van der Waals surface area contributed by atoms with Gasteiger partial charge in [0.2, 0.25) is 0 Å². The summed E-state index contributed by atoms with van der Waals surface area (Å²) in [6, 6.07) is 7.57. The molecule has 0 spiro atoms. The largest absolute Gasteiger partial charge is 0.491 e. The molecular formula is C14H24ClNO2. The molecule has 1 aromatic rings. The Balaban J connectivity index is 0.00000289. The van der Waals surface area contributed by atoms with Gasteiger partial charge in [0.15, 0.2) is 0 Å². The SMILES string of the molecule is CC(C)Oc1ccc([C@@H](N)C(C)(C)CO)cc1.Cl. The molecule has 0 amide bonds. The lowest BCUT2D eigenvalue weighted by Gasteiger charge is -2.29. The Hall–Kier alpha value is -0.770. The highest BCUT2D eigenvalue weighted by Gasteiger charge is 2.26. The first kappa shape index (κ1) is 17.2. The lowest BCUT2D eigenvalue weighted by molar-refractivity contribution is 0.132. The second-order valence-corrected chi connectivity index (χ2v) is 5.36. The molecule has 0 radical (unpaired) electrons. The Kier molecular flexibility index (Phi) is 6.68. The van der Waals surface area contributed by atoms with E-state index in [1.807, 2.05) is 52.0 Å². The number of nitrogens with two attached hydrogens (primary N) is 1. The number of hydrogen-bond acceptors (Lipinski definition) is 3. The van der Waals surface area contributed by atoms with Crippen molar-refractivity contribution < 1.29 is 9.84 Å². The van der Waals surface area contributed by atoms with Gasteiger partial charge in [0.05, 0.1) is 6.10 Å². The Morgan fingerprint density at radius 3 is 2.11 bits per heavy atom. The highest BCUT2D eigenvalue weighted by atomic mass is 35.5. The lowest BCUT2D eigenvalue weighted by Crippen LogP contribution is -2.32. The predicted octanol–water partition coefficient (Wildman–Crippen LogP) is 2.91. The second kappa shape index (κ2) is 6.98. The first-order valence-electron chi connectivity index (χ1n) is 6.00. The van der Waals surface area contributed by atoms with Crippen molar-refractivity contribution in [2.45, 2.75) is 39.8 Å². The maximum absolute atomic E-state index is 9.29. The van der Waals surface area contributed by atoms with Crippen molar-refractivity contribution in [2.75, 3.05) is 6.61 Å². The molecule has 104 valence electrons. The van der Waals surface area contributed by atoms with Gasteiger partial charge in [-0.25, -0.2) is 0 Å². The minimum atomic E-state index is -0.319. The van der Waals surface area contributed by atoms with Crippen molar-refractivity contribution in [3.05, 3.63) is 29.8 Å². The summed E-state index contributed by atoms with van der Waals surface area (Å²) in [6.07, 6.45) is 0.170.